The number of nitrogens with two attached hydrogens (primary N) is 1. The van der Waals surface area contributed by atoms with Gasteiger partial charge in [0.05, 0.1) is 5.54 Å². The Morgan fingerprint density at radius 3 is 2.59 bits per heavy atom. The second kappa shape index (κ2) is 5.16. The lowest BCUT2D eigenvalue weighted by molar-refractivity contribution is -0.136. The average molecular weight is 280 g/mol. The average Bonchev–Trinajstić information content (AvgIpc) is 2.27. The largest absolute Gasteiger partial charge is 0.322 e. The summed E-state index contributed by atoms with van der Waals surface area (Å²) in [4.78, 5) is 13.5. The summed E-state index contributed by atoms with van der Waals surface area (Å²) >= 11 is 1.56. The van der Waals surface area contributed by atoms with Gasteiger partial charge in [-0.25, -0.2) is 8.42 Å². The Kier molecular flexibility index (Phi) is 4.49. The van der Waals surface area contributed by atoms with E-state index in [4.69, 9.17) is 5.73 Å². The van der Waals surface area contributed by atoms with Gasteiger partial charge in [-0.3, -0.25) is 4.79 Å². The molecule has 1 atom stereocenters. The summed E-state index contributed by atoms with van der Waals surface area (Å²) in [5.74, 6) is 0.961. The van der Waals surface area contributed by atoms with Crippen LogP contribution in [0.25, 0.3) is 0 Å². The van der Waals surface area contributed by atoms with E-state index >= 15 is 0 Å². The van der Waals surface area contributed by atoms with Crippen LogP contribution in [0.5, 0.6) is 0 Å². The Labute approximate surface area is 107 Å². The van der Waals surface area contributed by atoms with Crippen molar-refractivity contribution in [2.24, 2.45) is 5.73 Å². The van der Waals surface area contributed by atoms with Crippen molar-refractivity contribution in [3.63, 3.8) is 0 Å². The highest BCUT2D eigenvalue weighted by atomic mass is 32.2. The molecule has 0 spiro atoms. The van der Waals surface area contributed by atoms with Crippen LogP contribution in [0.3, 0.4) is 0 Å². The number of nitrogens with zero attached hydrogens (tertiary/aromatic N) is 1. The highest BCUT2D eigenvalue weighted by Gasteiger charge is 2.39. The van der Waals surface area contributed by atoms with Gasteiger partial charge < -0.3 is 10.6 Å². The van der Waals surface area contributed by atoms with Crippen molar-refractivity contribution in [2.45, 2.75) is 31.7 Å². The van der Waals surface area contributed by atoms with E-state index in [1.165, 1.54) is 4.90 Å². The SMILES string of the molecule is CCS(=O)(=O)C1CSCCN1C(=O)C(C)(C)N. The smallest absolute Gasteiger partial charge is 0.243 e. The van der Waals surface area contributed by atoms with Gasteiger partial charge in [0.15, 0.2) is 9.84 Å². The molecule has 1 saturated heterocycles. The third-order valence-electron chi connectivity index (χ3n) is 2.71. The van der Waals surface area contributed by atoms with E-state index in [0.29, 0.717) is 12.3 Å². The number of thioether (sulfide) groups is 1. The first-order chi connectivity index (χ1) is 7.70. The van der Waals surface area contributed by atoms with E-state index < -0.39 is 20.8 Å². The van der Waals surface area contributed by atoms with Crippen LogP contribution in [0.4, 0.5) is 0 Å². The van der Waals surface area contributed by atoms with Crippen LogP contribution >= 0.6 is 11.8 Å². The Hall–Kier alpha value is -0.270. The van der Waals surface area contributed by atoms with Crippen LogP contribution in [-0.2, 0) is 14.6 Å². The number of rotatable bonds is 3. The summed E-state index contributed by atoms with van der Waals surface area (Å²) in [6, 6.07) is 0. The van der Waals surface area contributed by atoms with E-state index in [2.05, 4.69) is 0 Å². The molecule has 1 aliphatic heterocycles. The second-order valence-corrected chi connectivity index (χ2v) is 8.30. The number of amides is 1. The van der Waals surface area contributed by atoms with Gasteiger partial charge in [-0.05, 0) is 13.8 Å². The number of carbonyl (C=O) groups excluding carboxylic acids is 1. The van der Waals surface area contributed by atoms with E-state index in [9.17, 15) is 13.2 Å². The maximum Gasteiger partial charge on any atom is 0.243 e. The van der Waals surface area contributed by atoms with Gasteiger partial charge in [0.2, 0.25) is 5.91 Å². The van der Waals surface area contributed by atoms with Crippen LogP contribution in [0, 0.1) is 0 Å². The Morgan fingerprint density at radius 1 is 1.53 bits per heavy atom. The van der Waals surface area contributed by atoms with Gasteiger partial charge in [0, 0.05) is 23.8 Å². The molecule has 0 bridgehead atoms. The van der Waals surface area contributed by atoms with Gasteiger partial charge >= 0.3 is 0 Å². The predicted octanol–water partition coefficient (Wildman–Crippen LogP) is 0.0599. The maximum atomic E-state index is 12.1. The van der Waals surface area contributed by atoms with Gasteiger partial charge in [-0.1, -0.05) is 6.92 Å². The Bertz CT molecular complexity index is 387. The molecule has 1 amide bonds. The molecule has 17 heavy (non-hydrogen) atoms. The molecular formula is C10H20N2O3S2. The van der Waals surface area contributed by atoms with Gasteiger partial charge in [-0.15, -0.1) is 0 Å². The molecular weight excluding hydrogens is 260 g/mol. The third kappa shape index (κ3) is 3.35. The lowest BCUT2D eigenvalue weighted by Crippen LogP contribution is -2.59. The molecule has 0 aromatic heterocycles. The van der Waals surface area contributed by atoms with Gasteiger partial charge in [-0.2, -0.15) is 11.8 Å². The Morgan fingerprint density at radius 2 is 2.12 bits per heavy atom. The first-order valence-corrected chi connectivity index (χ1v) is 8.46. The van der Waals surface area contributed by atoms with Crippen molar-refractivity contribution in [3.8, 4) is 0 Å². The molecule has 1 fully saturated rings. The molecule has 2 N–H and O–H groups in total. The zero-order chi connectivity index (χ0) is 13.3. The van der Waals surface area contributed by atoms with Crippen molar-refractivity contribution in [1.82, 2.24) is 4.90 Å². The number of hydrogen-bond donors (Lipinski definition) is 1. The van der Waals surface area contributed by atoms with Gasteiger partial charge in [0.25, 0.3) is 0 Å². The quantitative estimate of drug-likeness (QED) is 0.790. The molecule has 1 unspecified atom stereocenters. The van der Waals surface area contributed by atoms with E-state index in [1.54, 1.807) is 32.5 Å². The second-order valence-electron chi connectivity index (χ2n) is 4.70. The van der Waals surface area contributed by atoms with E-state index in [0.717, 1.165) is 5.75 Å². The summed E-state index contributed by atoms with van der Waals surface area (Å²) in [5, 5.41) is -0.721. The van der Waals surface area contributed by atoms with Crippen molar-refractivity contribution in [2.75, 3.05) is 23.8 Å². The Balaban J connectivity index is 2.99. The molecule has 100 valence electrons. The molecule has 0 radical (unpaired) electrons. The summed E-state index contributed by atoms with van der Waals surface area (Å²) in [5.41, 5.74) is 4.74. The number of carbonyl (C=O) groups is 1. The van der Waals surface area contributed by atoms with E-state index in [1.807, 2.05) is 0 Å². The molecule has 5 nitrogen and oxygen atoms in total. The van der Waals surface area contributed by atoms with Crippen LogP contribution < -0.4 is 5.73 Å². The van der Waals surface area contributed by atoms with Gasteiger partial charge in [0.1, 0.15) is 5.37 Å². The van der Waals surface area contributed by atoms with Crippen molar-refractivity contribution in [1.29, 1.82) is 0 Å². The summed E-state index contributed by atoms with van der Waals surface area (Å²) < 4.78 is 23.9. The highest BCUT2D eigenvalue weighted by Crippen LogP contribution is 2.23. The molecule has 7 heteroatoms. The topological polar surface area (TPSA) is 80.5 Å². The summed E-state index contributed by atoms with van der Waals surface area (Å²) in [6.45, 7) is 5.26. The van der Waals surface area contributed by atoms with Crippen molar-refractivity contribution in [3.05, 3.63) is 0 Å². The van der Waals surface area contributed by atoms with Crippen LogP contribution in [0.2, 0.25) is 0 Å². The predicted molar refractivity (Wildman–Crippen MR) is 70.6 cm³/mol. The molecule has 0 aromatic carbocycles. The zero-order valence-corrected chi connectivity index (χ0v) is 12.1. The van der Waals surface area contributed by atoms with E-state index in [-0.39, 0.29) is 11.7 Å². The maximum absolute atomic E-state index is 12.1. The number of hydrogen-bond acceptors (Lipinski definition) is 5. The minimum Gasteiger partial charge on any atom is -0.322 e. The molecule has 0 aliphatic carbocycles. The fraction of sp³-hybridized carbons (Fsp3) is 0.900. The van der Waals surface area contributed by atoms with Crippen molar-refractivity contribution >= 4 is 27.5 Å². The first-order valence-electron chi connectivity index (χ1n) is 5.59. The van der Waals surface area contributed by atoms with Crippen LogP contribution in [0.15, 0.2) is 0 Å². The molecule has 1 heterocycles. The normalized spacial score (nSPS) is 22.6. The first kappa shape index (κ1) is 14.8. The van der Waals surface area contributed by atoms with Crippen molar-refractivity contribution < 1.29 is 13.2 Å². The van der Waals surface area contributed by atoms with Crippen LogP contribution in [0.1, 0.15) is 20.8 Å². The molecule has 0 aromatic rings. The summed E-state index contributed by atoms with van der Waals surface area (Å²) in [7, 11) is -3.25. The highest BCUT2D eigenvalue weighted by molar-refractivity contribution is 8.01. The fourth-order valence-electron chi connectivity index (χ4n) is 1.67. The zero-order valence-electron chi connectivity index (χ0n) is 10.5. The molecule has 1 rings (SSSR count). The third-order valence-corrected chi connectivity index (χ3v) is 6.00. The lowest BCUT2D eigenvalue weighted by Gasteiger charge is -2.38. The monoisotopic (exact) mass is 280 g/mol. The molecule has 1 aliphatic rings. The standard InChI is InChI=1S/C10H20N2O3S2/c1-4-17(14,15)8-7-16-6-5-12(8)9(13)10(2,3)11/h8H,4-7,11H2,1-3H3. The minimum atomic E-state index is -3.25. The molecule has 0 saturated carbocycles. The summed E-state index contributed by atoms with van der Waals surface area (Å²) in [6.07, 6.45) is 0. The minimum absolute atomic E-state index is 0.0486. The number of sulfone groups is 1. The lowest BCUT2D eigenvalue weighted by atomic mass is 10.1. The fourth-order valence-corrected chi connectivity index (χ4v) is 4.64. The van der Waals surface area contributed by atoms with Crippen LogP contribution in [-0.4, -0.2) is 53.9 Å².